The van der Waals surface area contributed by atoms with E-state index in [0.717, 1.165) is 18.1 Å². The molecule has 0 aliphatic rings. The van der Waals surface area contributed by atoms with Crippen molar-refractivity contribution >= 4 is 20.0 Å². The molecule has 0 atom stereocenters. The van der Waals surface area contributed by atoms with Gasteiger partial charge in [0.05, 0.1) is 21.6 Å². The predicted molar refractivity (Wildman–Crippen MR) is 97.0 cm³/mol. The van der Waals surface area contributed by atoms with Crippen molar-refractivity contribution in [1.29, 1.82) is 0 Å². The Bertz CT molecular complexity index is 398. The van der Waals surface area contributed by atoms with E-state index in [0.29, 0.717) is 23.3 Å². The molecule has 0 aromatic carbocycles. The van der Waals surface area contributed by atoms with Gasteiger partial charge in [-0.05, 0) is 17.8 Å². The number of esters is 1. The second kappa shape index (κ2) is 9.91. The molecule has 0 heterocycles. The summed E-state index contributed by atoms with van der Waals surface area (Å²) in [6.45, 7) is 13.2. The Balaban J connectivity index is 5.93. The summed E-state index contributed by atoms with van der Waals surface area (Å²) in [5.74, 6) is 0.0983. The molecule has 0 radical (unpaired) electrons. The summed E-state index contributed by atoms with van der Waals surface area (Å²) in [5.41, 5.74) is 2.38. The maximum Gasteiger partial charge on any atom is 0.333 e. The Kier molecular flexibility index (Phi) is 9.43. The number of carbonyl (C=O) groups is 2. The number of hydrogen-bond acceptors (Lipinski definition) is 3. The Morgan fingerprint density at radius 1 is 0.957 bits per heavy atom. The van der Waals surface area contributed by atoms with Gasteiger partial charge in [0.1, 0.15) is 0 Å². The van der Waals surface area contributed by atoms with E-state index in [2.05, 4.69) is 41.5 Å². The lowest BCUT2D eigenvalue weighted by molar-refractivity contribution is -0.141. The van der Waals surface area contributed by atoms with Crippen LogP contribution in [0.3, 0.4) is 0 Å². The van der Waals surface area contributed by atoms with Crippen LogP contribution in [-0.2, 0) is 14.3 Å². The minimum absolute atomic E-state index is 0.254. The second-order valence-electron chi connectivity index (χ2n) is 7.89. The van der Waals surface area contributed by atoms with E-state index in [1.165, 1.54) is 7.11 Å². The molecule has 4 nitrogen and oxygen atoms in total. The smallest absolute Gasteiger partial charge is 0.333 e. The van der Waals surface area contributed by atoms with Crippen LogP contribution in [0.15, 0.2) is 11.3 Å². The van der Waals surface area contributed by atoms with Gasteiger partial charge in [0.25, 0.3) is 0 Å². The molecule has 0 saturated heterocycles. The van der Waals surface area contributed by atoms with Crippen molar-refractivity contribution in [3.05, 3.63) is 11.3 Å². The van der Waals surface area contributed by atoms with E-state index in [-0.39, 0.29) is 6.42 Å². The summed E-state index contributed by atoms with van der Waals surface area (Å²) in [4.78, 5) is 23.2. The van der Waals surface area contributed by atoms with Crippen LogP contribution in [0.1, 0.15) is 48.0 Å². The molecule has 0 amide bonds. The minimum Gasteiger partial charge on any atom is -0.481 e. The summed E-state index contributed by atoms with van der Waals surface area (Å²) < 4.78 is 4.83. The summed E-state index contributed by atoms with van der Waals surface area (Å²) in [6, 6.07) is 3.22. The summed E-state index contributed by atoms with van der Waals surface area (Å²) in [7, 11) is -0.606. The van der Waals surface area contributed by atoms with Crippen LogP contribution in [0.4, 0.5) is 0 Å². The first-order valence-electron chi connectivity index (χ1n) is 8.53. The van der Waals surface area contributed by atoms with E-state index in [1.54, 1.807) is 0 Å². The lowest BCUT2D eigenvalue weighted by Crippen LogP contribution is -2.38. The monoisotopic (exact) mass is 342 g/mol. The fourth-order valence-electron chi connectivity index (χ4n) is 3.71. The van der Waals surface area contributed by atoms with Crippen molar-refractivity contribution in [3.63, 3.8) is 0 Å². The molecule has 0 aromatic rings. The van der Waals surface area contributed by atoms with Crippen LogP contribution in [0, 0.1) is 17.8 Å². The first-order valence-corrected chi connectivity index (χ1v) is 11.2. The zero-order valence-corrected chi connectivity index (χ0v) is 16.8. The topological polar surface area (TPSA) is 63.6 Å². The lowest BCUT2D eigenvalue weighted by atomic mass is 10.2. The van der Waals surface area contributed by atoms with Gasteiger partial charge in [-0.3, -0.25) is 4.79 Å². The minimum atomic E-state index is -1.92. The Morgan fingerprint density at radius 2 is 1.35 bits per heavy atom. The lowest BCUT2D eigenvalue weighted by Gasteiger charge is -2.34. The molecule has 0 saturated carbocycles. The molecule has 0 unspecified atom stereocenters. The number of ether oxygens (including phenoxy) is 1. The van der Waals surface area contributed by atoms with Gasteiger partial charge in [0.15, 0.2) is 0 Å². The number of carbonyl (C=O) groups excluding carboxylic acids is 1. The van der Waals surface area contributed by atoms with Gasteiger partial charge in [-0.2, -0.15) is 0 Å². The maximum atomic E-state index is 12.1. The fraction of sp³-hybridized carbons (Fsp3) is 0.778. The average molecular weight is 343 g/mol. The van der Waals surface area contributed by atoms with Gasteiger partial charge in [-0.1, -0.05) is 65.4 Å². The van der Waals surface area contributed by atoms with Crippen molar-refractivity contribution in [2.45, 2.75) is 66.1 Å². The van der Waals surface area contributed by atoms with Crippen LogP contribution >= 0.6 is 0 Å². The maximum absolute atomic E-state index is 12.1. The third-order valence-electron chi connectivity index (χ3n) is 3.71. The molecule has 0 fully saturated rings. The van der Waals surface area contributed by atoms with Gasteiger partial charge in [0.2, 0.25) is 0 Å². The van der Waals surface area contributed by atoms with Crippen LogP contribution in [0.5, 0.6) is 0 Å². The Hall–Kier alpha value is -1.10. The molecule has 0 aliphatic heterocycles. The number of methoxy groups -OCH3 is 1. The molecule has 0 spiro atoms. The number of rotatable bonds is 10. The first-order chi connectivity index (χ1) is 10.5. The highest BCUT2D eigenvalue weighted by Gasteiger charge is 2.35. The fourth-order valence-corrected chi connectivity index (χ4v) is 10.4. The molecule has 5 heteroatoms. The zero-order valence-electron chi connectivity index (χ0n) is 15.8. The first kappa shape index (κ1) is 21.9. The van der Waals surface area contributed by atoms with Crippen LogP contribution in [-0.4, -0.2) is 32.2 Å². The van der Waals surface area contributed by atoms with Crippen LogP contribution in [0.2, 0.25) is 18.1 Å². The van der Waals surface area contributed by atoms with Crippen molar-refractivity contribution in [3.8, 4) is 0 Å². The van der Waals surface area contributed by atoms with E-state index < -0.39 is 20.0 Å². The Labute approximate surface area is 142 Å². The number of aliphatic carboxylic acids is 1. The number of carboxylic acids is 1. The van der Waals surface area contributed by atoms with Crippen molar-refractivity contribution in [1.82, 2.24) is 0 Å². The largest absolute Gasteiger partial charge is 0.481 e. The van der Waals surface area contributed by atoms with Gasteiger partial charge < -0.3 is 9.84 Å². The van der Waals surface area contributed by atoms with Gasteiger partial charge >= 0.3 is 11.9 Å². The van der Waals surface area contributed by atoms with Crippen LogP contribution in [0.25, 0.3) is 0 Å². The van der Waals surface area contributed by atoms with Crippen molar-refractivity contribution < 1.29 is 19.4 Å². The molecule has 0 aromatic heterocycles. The van der Waals surface area contributed by atoms with E-state index in [4.69, 9.17) is 9.84 Å². The third-order valence-corrected chi connectivity index (χ3v) is 9.56. The highest BCUT2D eigenvalue weighted by Crippen LogP contribution is 2.34. The quantitative estimate of drug-likeness (QED) is 0.360. The molecule has 0 rings (SSSR count). The molecule has 134 valence electrons. The second-order valence-corrected chi connectivity index (χ2v) is 12.1. The van der Waals surface area contributed by atoms with Crippen LogP contribution < -0.4 is 0 Å². The van der Waals surface area contributed by atoms with E-state index in [9.17, 15) is 9.59 Å². The van der Waals surface area contributed by atoms with Crippen molar-refractivity contribution in [2.24, 2.45) is 17.8 Å². The summed E-state index contributed by atoms with van der Waals surface area (Å²) in [6.07, 6.45) is -0.254. The molecular weight excluding hydrogens is 308 g/mol. The SMILES string of the molecule is COC(=O)C(=C[Si](CC(C)C)(CC(C)C)CC(C)C)CC(=O)O. The van der Waals surface area contributed by atoms with Gasteiger partial charge in [-0.25, -0.2) is 4.79 Å². The molecular formula is C18H34O4Si. The zero-order chi connectivity index (χ0) is 18.2. The molecule has 23 heavy (non-hydrogen) atoms. The normalized spacial score (nSPS) is 13.0. The highest BCUT2D eigenvalue weighted by molar-refractivity contribution is 6.85. The Morgan fingerprint density at radius 3 is 1.61 bits per heavy atom. The molecule has 0 aliphatic carbocycles. The number of hydrogen-bond donors (Lipinski definition) is 1. The van der Waals surface area contributed by atoms with E-state index >= 15 is 0 Å². The van der Waals surface area contributed by atoms with Crippen molar-refractivity contribution in [2.75, 3.05) is 7.11 Å². The summed E-state index contributed by atoms with van der Waals surface area (Å²) in [5, 5.41) is 9.14. The summed E-state index contributed by atoms with van der Waals surface area (Å²) >= 11 is 0. The average Bonchev–Trinajstić information content (AvgIpc) is 2.33. The number of carboxylic acid groups (broad SMARTS) is 1. The predicted octanol–water partition coefficient (Wildman–Crippen LogP) is 4.52. The molecule has 0 bridgehead atoms. The van der Waals surface area contributed by atoms with E-state index in [1.807, 2.05) is 5.70 Å². The standard InChI is InChI=1S/C18H34O4Si/c1-13(2)9-23(10-14(3)4,11-15(5)6)12-16(8-17(19)20)18(21)22-7/h12-15H,8-11H2,1-7H3,(H,19,20). The van der Waals surface area contributed by atoms with Gasteiger partial charge in [0, 0.05) is 5.57 Å². The third kappa shape index (κ3) is 8.94. The van der Waals surface area contributed by atoms with Gasteiger partial charge in [-0.15, -0.1) is 0 Å². The molecule has 1 N–H and O–H groups in total. The highest BCUT2D eigenvalue weighted by atomic mass is 28.3.